The highest BCUT2D eigenvalue weighted by Crippen LogP contribution is 2.44. The standard InChI is InChI=1S/C27H25FN2O5/c1-15-6-7-17-13-18(9-8-16(17)12-15)22-23(28)20(30-11-10-21(31)29-26(30)33)14-19(24(22)34-4)27(2,3)25(32)35-5/h6-14H,1-5H3,(H,29,31,33). The number of methoxy groups -OCH3 is 2. The molecule has 0 aliphatic rings. The van der Waals surface area contributed by atoms with E-state index in [-0.39, 0.29) is 17.0 Å². The molecule has 0 aliphatic carbocycles. The van der Waals surface area contributed by atoms with E-state index in [2.05, 4.69) is 4.98 Å². The number of aromatic amines is 1. The van der Waals surface area contributed by atoms with Crippen molar-refractivity contribution in [2.45, 2.75) is 26.2 Å². The van der Waals surface area contributed by atoms with Gasteiger partial charge < -0.3 is 9.47 Å². The number of hydrogen-bond donors (Lipinski definition) is 1. The molecule has 0 saturated heterocycles. The van der Waals surface area contributed by atoms with Crippen molar-refractivity contribution in [3.05, 3.63) is 92.5 Å². The van der Waals surface area contributed by atoms with Gasteiger partial charge in [-0.05, 0) is 49.2 Å². The Balaban J connectivity index is 2.13. The molecule has 1 heterocycles. The summed E-state index contributed by atoms with van der Waals surface area (Å²) in [5.41, 5.74) is -0.830. The van der Waals surface area contributed by atoms with Crippen LogP contribution in [0.4, 0.5) is 4.39 Å². The Bertz CT molecular complexity index is 1580. The van der Waals surface area contributed by atoms with Crippen LogP contribution in [0.1, 0.15) is 25.0 Å². The predicted octanol–water partition coefficient (Wildman–Crippen LogP) is 4.25. The molecule has 0 radical (unpaired) electrons. The Kier molecular flexibility index (Phi) is 6.06. The number of hydrogen-bond acceptors (Lipinski definition) is 5. The van der Waals surface area contributed by atoms with Gasteiger partial charge >= 0.3 is 11.7 Å². The van der Waals surface area contributed by atoms with Crippen LogP contribution in [0.15, 0.2) is 64.3 Å². The SMILES string of the molecule is COC(=O)C(C)(C)c1cc(-n2ccc(=O)[nH]c2=O)c(F)c(-c2ccc3cc(C)ccc3c2)c1OC. The van der Waals surface area contributed by atoms with Gasteiger partial charge in [0.2, 0.25) is 0 Å². The number of ether oxygens (including phenoxy) is 2. The third-order valence-electron chi connectivity index (χ3n) is 6.14. The van der Waals surface area contributed by atoms with E-state index >= 15 is 4.39 Å². The molecular weight excluding hydrogens is 451 g/mol. The molecule has 0 bridgehead atoms. The molecule has 35 heavy (non-hydrogen) atoms. The Morgan fingerprint density at radius 2 is 1.69 bits per heavy atom. The summed E-state index contributed by atoms with van der Waals surface area (Å²) in [5, 5.41) is 1.87. The van der Waals surface area contributed by atoms with Crippen LogP contribution in [0.2, 0.25) is 0 Å². The van der Waals surface area contributed by atoms with Gasteiger partial charge in [-0.3, -0.25) is 19.1 Å². The van der Waals surface area contributed by atoms with Gasteiger partial charge in [-0.25, -0.2) is 9.18 Å². The van der Waals surface area contributed by atoms with Crippen molar-refractivity contribution < 1.29 is 18.7 Å². The number of nitrogens with one attached hydrogen (secondary N) is 1. The maximum Gasteiger partial charge on any atom is 0.333 e. The number of carbonyl (C=O) groups excluding carboxylic acids is 1. The zero-order chi connectivity index (χ0) is 25.5. The van der Waals surface area contributed by atoms with Crippen molar-refractivity contribution >= 4 is 16.7 Å². The van der Waals surface area contributed by atoms with Crippen molar-refractivity contribution in [1.29, 1.82) is 0 Å². The summed E-state index contributed by atoms with van der Waals surface area (Å²) in [6, 6.07) is 13.9. The van der Waals surface area contributed by atoms with Gasteiger partial charge in [0.05, 0.1) is 30.9 Å². The molecule has 7 nitrogen and oxygen atoms in total. The van der Waals surface area contributed by atoms with Crippen molar-refractivity contribution in [2.75, 3.05) is 14.2 Å². The molecule has 4 rings (SSSR count). The lowest BCUT2D eigenvalue weighted by Crippen LogP contribution is -2.32. The Morgan fingerprint density at radius 3 is 2.34 bits per heavy atom. The van der Waals surface area contributed by atoms with Crippen LogP contribution in [0.25, 0.3) is 27.6 Å². The molecular formula is C27H25FN2O5. The fourth-order valence-electron chi connectivity index (χ4n) is 4.23. The molecule has 4 aromatic rings. The number of fused-ring (bicyclic) bond motifs is 1. The third-order valence-corrected chi connectivity index (χ3v) is 6.14. The van der Waals surface area contributed by atoms with Crippen LogP contribution in [0.5, 0.6) is 5.75 Å². The predicted molar refractivity (Wildman–Crippen MR) is 132 cm³/mol. The quantitative estimate of drug-likeness (QED) is 0.435. The number of aromatic nitrogens is 2. The van der Waals surface area contributed by atoms with Crippen molar-refractivity contribution in [2.24, 2.45) is 0 Å². The first-order valence-electron chi connectivity index (χ1n) is 10.9. The first-order valence-corrected chi connectivity index (χ1v) is 10.9. The summed E-state index contributed by atoms with van der Waals surface area (Å²) in [4.78, 5) is 39.0. The van der Waals surface area contributed by atoms with Gasteiger partial charge in [-0.15, -0.1) is 0 Å². The van der Waals surface area contributed by atoms with E-state index in [4.69, 9.17) is 9.47 Å². The smallest absolute Gasteiger partial charge is 0.333 e. The van der Waals surface area contributed by atoms with E-state index in [0.29, 0.717) is 11.1 Å². The largest absolute Gasteiger partial charge is 0.496 e. The number of H-pyrrole nitrogens is 1. The Labute approximate surface area is 200 Å². The number of esters is 1. The average molecular weight is 477 g/mol. The fraction of sp³-hybridized carbons (Fsp3) is 0.222. The lowest BCUT2D eigenvalue weighted by molar-refractivity contribution is -0.146. The van der Waals surface area contributed by atoms with Gasteiger partial charge in [0.1, 0.15) is 5.75 Å². The Morgan fingerprint density at radius 1 is 1.00 bits per heavy atom. The van der Waals surface area contributed by atoms with E-state index in [0.717, 1.165) is 27.0 Å². The lowest BCUT2D eigenvalue weighted by atomic mass is 9.81. The third kappa shape index (κ3) is 4.12. The zero-order valence-corrected chi connectivity index (χ0v) is 20.1. The molecule has 1 N–H and O–H groups in total. The lowest BCUT2D eigenvalue weighted by Gasteiger charge is -2.27. The molecule has 3 aromatic carbocycles. The van der Waals surface area contributed by atoms with E-state index < -0.39 is 28.5 Å². The summed E-state index contributed by atoms with van der Waals surface area (Å²) in [7, 11) is 2.66. The van der Waals surface area contributed by atoms with Crippen LogP contribution < -0.4 is 16.0 Å². The number of halogens is 1. The van der Waals surface area contributed by atoms with E-state index in [1.54, 1.807) is 19.9 Å². The van der Waals surface area contributed by atoms with Crippen LogP contribution in [-0.4, -0.2) is 29.7 Å². The van der Waals surface area contributed by atoms with Crippen molar-refractivity contribution in [3.63, 3.8) is 0 Å². The number of aryl methyl sites for hydroxylation is 1. The highest BCUT2D eigenvalue weighted by molar-refractivity contribution is 5.91. The van der Waals surface area contributed by atoms with Crippen molar-refractivity contribution in [3.8, 4) is 22.6 Å². The van der Waals surface area contributed by atoms with E-state index in [9.17, 15) is 14.4 Å². The number of nitrogens with zero attached hydrogens (tertiary/aromatic N) is 1. The monoisotopic (exact) mass is 476 g/mol. The summed E-state index contributed by atoms with van der Waals surface area (Å²) < 4.78 is 27.9. The molecule has 0 atom stereocenters. The molecule has 0 amide bonds. The minimum Gasteiger partial charge on any atom is -0.496 e. The summed E-state index contributed by atoms with van der Waals surface area (Å²) in [6.45, 7) is 5.24. The minimum atomic E-state index is -1.25. The summed E-state index contributed by atoms with van der Waals surface area (Å²) >= 11 is 0. The summed E-state index contributed by atoms with van der Waals surface area (Å²) in [5.74, 6) is -1.17. The average Bonchev–Trinajstić information content (AvgIpc) is 2.83. The van der Waals surface area contributed by atoms with E-state index in [1.807, 2.05) is 37.3 Å². The molecule has 0 unspecified atom stereocenters. The normalized spacial score (nSPS) is 11.5. The zero-order valence-electron chi connectivity index (χ0n) is 20.1. The summed E-state index contributed by atoms with van der Waals surface area (Å²) in [6.07, 6.45) is 1.19. The molecule has 8 heteroatoms. The van der Waals surface area contributed by atoms with Crippen molar-refractivity contribution in [1.82, 2.24) is 9.55 Å². The highest BCUT2D eigenvalue weighted by atomic mass is 19.1. The second-order valence-electron chi connectivity index (χ2n) is 8.83. The maximum absolute atomic E-state index is 16.2. The molecule has 0 saturated carbocycles. The van der Waals surface area contributed by atoms with Gasteiger partial charge in [0.25, 0.3) is 5.56 Å². The van der Waals surface area contributed by atoms with Crippen LogP contribution in [0.3, 0.4) is 0 Å². The van der Waals surface area contributed by atoms with Gasteiger partial charge in [0, 0.05) is 17.8 Å². The Hall–Kier alpha value is -4.20. The second-order valence-corrected chi connectivity index (χ2v) is 8.83. The molecule has 0 spiro atoms. The van der Waals surface area contributed by atoms with Crippen LogP contribution in [0, 0.1) is 12.7 Å². The number of rotatable bonds is 5. The molecule has 0 fully saturated rings. The number of carbonyl (C=O) groups is 1. The highest BCUT2D eigenvalue weighted by Gasteiger charge is 2.37. The van der Waals surface area contributed by atoms with Crippen LogP contribution in [-0.2, 0) is 14.9 Å². The topological polar surface area (TPSA) is 90.4 Å². The molecule has 0 aliphatic heterocycles. The van der Waals surface area contributed by atoms with Gasteiger partial charge in [0.15, 0.2) is 5.82 Å². The molecule has 1 aromatic heterocycles. The fourth-order valence-corrected chi connectivity index (χ4v) is 4.23. The minimum absolute atomic E-state index is 0.0811. The maximum atomic E-state index is 16.2. The second kappa shape index (κ2) is 8.87. The first-order chi connectivity index (χ1) is 16.6. The van der Waals surface area contributed by atoms with Gasteiger partial charge in [-0.2, -0.15) is 0 Å². The van der Waals surface area contributed by atoms with E-state index in [1.165, 1.54) is 26.5 Å². The first kappa shape index (κ1) is 23.9. The molecule has 180 valence electrons. The van der Waals surface area contributed by atoms with Gasteiger partial charge in [-0.1, -0.05) is 35.9 Å². The van der Waals surface area contributed by atoms with Crippen LogP contribution >= 0.6 is 0 Å². The number of benzene rings is 3.